The fourth-order valence-electron chi connectivity index (χ4n) is 2.73. The van der Waals surface area contributed by atoms with Crippen molar-refractivity contribution >= 4 is 15.7 Å². The molecule has 1 aliphatic rings. The maximum absolute atomic E-state index is 13.1. The molecule has 2 rings (SSSR count). The molecule has 1 fully saturated rings. The van der Waals surface area contributed by atoms with Gasteiger partial charge in [0.1, 0.15) is 10.7 Å². The van der Waals surface area contributed by atoms with Crippen LogP contribution in [0, 0.1) is 5.82 Å². The van der Waals surface area contributed by atoms with Crippen molar-refractivity contribution in [3.8, 4) is 0 Å². The van der Waals surface area contributed by atoms with E-state index in [1.54, 1.807) is 7.05 Å². The summed E-state index contributed by atoms with van der Waals surface area (Å²) >= 11 is 0. The molecule has 1 aliphatic carbocycles. The van der Waals surface area contributed by atoms with E-state index in [0.717, 1.165) is 50.7 Å². The molecule has 0 unspecified atom stereocenters. The van der Waals surface area contributed by atoms with Crippen LogP contribution in [0.25, 0.3) is 0 Å². The standard InChI is InChI=1S/C14H21FN2O2S/c1-17(12-6-4-2-3-5-7-12)20(18,19)14-9-8-11(15)10-13(14)16/h8-10,12H,2-7,16H2,1H3. The van der Waals surface area contributed by atoms with E-state index < -0.39 is 15.8 Å². The maximum Gasteiger partial charge on any atom is 0.245 e. The van der Waals surface area contributed by atoms with Gasteiger partial charge in [0.05, 0.1) is 5.69 Å². The zero-order valence-electron chi connectivity index (χ0n) is 11.7. The van der Waals surface area contributed by atoms with Crippen LogP contribution >= 0.6 is 0 Å². The topological polar surface area (TPSA) is 63.4 Å². The van der Waals surface area contributed by atoms with Gasteiger partial charge in [-0.25, -0.2) is 12.8 Å². The zero-order chi connectivity index (χ0) is 14.8. The van der Waals surface area contributed by atoms with Crippen LogP contribution in [0.4, 0.5) is 10.1 Å². The number of hydrogen-bond acceptors (Lipinski definition) is 3. The van der Waals surface area contributed by atoms with Crippen molar-refractivity contribution in [2.45, 2.75) is 49.5 Å². The first-order chi connectivity index (χ1) is 9.43. The van der Waals surface area contributed by atoms with Gasteiger partial charge in [0.25, 0.3) is 0 Å². The Hall–Kier alpha value is -1.14. The van der Waals surface area contributed by atoms with Crippen LogP contribution in [0.1, 0.15) is 38.5 Å². The summed E-state index contributed by atoms with van der Waals surface area (Å²) in [6.45, 7) is 0. The highest BCUT2D eigenvalue weighted by Gasteiger charge is 2.29. The van der Waals surface area contributed by atoms with E-state index in [9.17, 15) is 12.8 Å². The maximum atomic E-state index is 13.1. The van der Waals surface area contributed by atoms with E-state index in [4.69, 9.17) is 5.73 Å². The van der Waals surface area contributed by atoms with E-state index in [2.05, 4.69) is 0 Å². The zero-order valence-corrected chi connectivity index (χ0v) is 12.5. The molecule has 20 heavy (non-hydrogen) atoms. The van der Waals surface area contributed by atoms with Gasteiger partial charge in [0, 0.05) is 13.1 Å². The molecule has 1 aromatic carbocycles. The third-order valence-electron chi connectivity index (χ3n) is 3.97. The molecule has 1 aromatic rings. The minimum atomic E-state index is -3.66. The number of halogens is 1. The molecule has 6 heteroatoms. The summed E-state index contributed by atoms with van der Waals surface area (Å²) < 4.78 is 39.7. The molecule has 0 bridgehead atoms. The monoisotopic (exact) mass is 300 g/mol. The third kappa shape index (κ3) is 3.12. The second-order valence-electron chi connectivity index (χ2n) is 5.35. The van der Waals surface area contributed by atoms with Gasteiger partial charge in [0.2, 0.25) is 10.0 Å². The molecule has 112 valence electrons. The Morgan fingerprint density at radius 2 is 1.80 bits per heavy atom. The molecular formula is C14H21FN2O2S. The highest BCUT2D eigenvalue weighted by atomic mass is 32.2. The molecule has 0 atom stereocenters. The van der Waals surface area contributed by atoms with Crippen LogP contribution in [-0.2, 0) is 10.0 Å². The summed E-state index contributed by atoms with van der Waals surface area (Å²) in [5.74, 6) is -0.529. The SMILES string of the molecule is CN(C1CCCCCC1)S(=O)(=O)c1ccc(F)cc1N. The minimum absolute atomic E-state index is 0.00644. The van der Waals surface area contributed by atoms with Gasteiger partial charge in [-0.15, -0.1) is 0 Å². The summed E-state index contributed by atoms with van der Waals surface area (Å²) in [6, 6.07) is 3.43. The van der Waals surface area contributed by atoms with E-state index in [1.165, 1.54) is 10.4 Å². The number of sulfonamides is 1. The number of benzene rings is 1. The van der Waals surface area contributed by atoms with Crippen LogP contribution in [0.15, 0.2) is 23.1 Å². The molecule has 0 aliphatic heterocycles. The van der Waals surface area contributed by atoms with Crippen LogP contribution < -0.4 is 5.73 Å². The number of nitrogens with two attached hydrogens (primary N) is 1. The number of hydrogen-bond donors (Lipinski definition) is 1. The summed E-state index contributed by atoms with van der Waals surface area (Å²) in [5.41, 5.74) is 5.62. The highest BCUT2D eigenvalue weighted by molar-refractivity contribution is 7.89. The van der Waals surface area contributed by atoms with Crippen LogP contribution in [0.5, 0.6) is 0 Å². The first-order valence-electron chi connectivity index (χ1n) is 6.96. The molecule has 0 spiro atoms. The molecule has 0 amide bonds. The smallest absolute Gasteiger partial charge is 0.245 e. The largest absolute Gasteiger partial charge is 0.398 e. The Morgan fingerprint density at radius 3 is 2.35 bits per heavy atom. The fraction of sp³-hybridized carbons (Fsp3) is 0.571. The quantitative estimate of drug-likeness (QED) is 0.689. The summed E-state index contributed by atoms with van der Waals surface area (Å²) in [7, 11) is -2.07. The summed E-state index contributed by atoms with van der Waals surface area (Å²) in [6.07, 6.45) is 6.15. The normalized spacial score (nSPS) is 18.1. The fourth-order valence-corrected chi connectivity index (χ4v) is 4.24. The van der Waals surface area contributed by atoms with E-state index in [0.29, 0.717) is 0 Å². The van der Waals surface area contributed by atoms with Crippen molar-refractivity contribution in [2.75, 3.05) is 12.8 Å². The van der Waals surface area contributed by atoms with E-state index in [-0.39, 0.29) is 16.6 Å². The predicted molar refractivity (Wildman–Crippen MR) is 77.3 cm³/mol. The Bertz CT molecular complexity index is 567. The second-order valence-corrected chi connectivity index (χ2v) is 7.31. The van der Waals surface area contributed by atoms with Crippen molar-refractivity contribution in [3.63, 3.8) is 0 Å². The number of nitrogens with zero attached hydrogens (tertiary/aromatic N) is 1. The van der Waals surface area contributed by atoms with Gasteiger partial charge in [-0.05, 0) is 31.0 Å². The number of anilines is 1. The first-order valence-corrected chi connectivity index (χ1v) is 8.40. The molecule has 0 radical (unpaired) electrons. The van der Waals surface area contributed by atoms with Crippen molar-refractivity contribution in [2.24, 2.45) is 0 Å². The Balaban J connectivity index is 2.28. The van der Waals surface area contributed by atoms with Crippen molar-refractivity contribution < 1.29 is 12.8 Å². The lowest BCUT2D eigenvalue weighted by molar-refractivity contribution is 0.336. The van der Waals surface area contributed by atoms with Crippen LogP contribution in [-0.4, -0.2) is 25.8 Å². The van der Waals surface area contributed by atoms with Crippen molar-refractivity contribution in [3.05, 3.63) is 24.0 Å². The lowest BCUT2D eigenvalue weighted by atomic mass is 10.1. The van der Waals surface area contributed by atoms with Crippen molar-refractivity contribution in [1.29, 1.82) is 0 Å². The summed E-state index contributed by atoms with van der Waals surface area (Å²) in [5, 5.41) is 0. The predicted octanol–water partition coefficient (Wildman–Crippen LogP) is 2.75. The van der Waals surface area contributed by atoms with Gasteiger partial charge >= 0.3 is 0 Å². The molecular weight excluding hydrogens is 279 g/mol. The average Bonchev–Trinajstić information content (AvgIpc) is 2.66. The Labute approximate surface area is 119 Å². The highest BCUT2D eigenvalue weighted by Crippen LogP contribution is 2.28. The van der Waals surface area contributed by atoms with Gasteiger partial charge in [-0.2, -0.15) is 4.31 Å². The van der Waals surface area contributed by atoms with E-state index in [1.807, 2.05) is 0 Å². The average molecular weight is 300 g/mol. The number of nitrogen functional groups attached to an aromatic ring is 1. The van der Waals surface area contributed by atoms with Gasteiger partial charge in [-0.1, -0.05) is 25.7 Å². The molecule has 2 N–H and O–H groups in total. The summed E-state index contributed by atoms with van der Waals surface area (Å²) in [4.78, 5) is -0.00866. The van der Waals surface area contributed by atoms with Gasteiger partial charge in [0.15, 0.2) is 0 Å². The molecule has 4 nitrogen and oxygen atoms in total. The van der Waals surface area contributed by atoms with Gasteiger partial charge < -0.3 is 5.73 Å². The molecule has 1 saturated carbocycles. The lowest BCUT2D eigenvalue weighted by Gasteiger charge is -2.26. The minimum Gasteiger partial charge on any atom is -0.398 e. The molecule has 0 saturated heterocycles. The van der Waals surface area contributed by atoms with Crippen LogP contribution in [0.2, 0.25) is 0 Å². The second kappa shape index (κ2) is 6.10. The van der Waals surface area contributed by atoms with Crippen LogP contribution in [0.3, 0.4) is 0 Å². The van der Waals surface area contributed by atoms with Gasteiger partial charge in [-0.3, -0.25) is 0 Å². The third-order valence-corrected chi connectivity index (χ3v) is 5.95. The molecule has 0 heterocycles. The lowest BCUT2D eigenvalue weighted by Crippen LogP contribution is -2.37. The Morgan fingerprint density at radius 1 is 1.20 bits per heavy atom. The molecule has 0 aromatic heterocycles. The van der Waals surface area contributed by atoms with Crippen molar-refractivity contribution in [1.82, 2.24) is 4.31 Å². The Kier molecular flexibility index (Phi) is 4.65. The van der Waals surface area contributed by atoms with E-state index >= 15 is 0 Å². The number of rotatable bonds is 3. The first kappa shape index (κ1) is 15.3.